The number of rotatable bonds is 4. The lowest BCUT2D eigenvalue weighted by Gasteiger charge is -2.23. The molecule has 0 spiro atoms. The monoisotopic (exact) mass is 447 g/mol. The Labute approximate surface area is 192 Å². The van der Waals surface area contributed by atoms with Gasteiger partial charge >= 0.3 is 0 Å². The van der Waals surface area contributed by atoms with Crippen molar-refractivity contribution in [2.75, 3.05) is 19.4 Å². The molecule has 0 radical (unpaired) electrons. The van der Waals surface area contributed by atoms with Crippen molar-refractivity contribution in [1.29, 1.82) is 5.41 Å². The maximum atomic E-state index is 14.3. The van der Waals surface area contributed by atoms with E-state index in [-0.39, 0.29) is 11.6 Å². The topological polar surface area (TPSA) is 106 Å². The van der Waals surface area contributed by atoms with Gasteiger partial charge in [0.25, 0.3) is 0 Å². The highest BCUT2D eigenvalue weighted by molar-refractivity contribution is 5.90. The van der Waals surface area contributed by atoms with E-state index in [0.717, 1.165) is 22.4 Å². The Balaban J connectivity index is 2.08. The van der Waals surface area contributed by atoms with Gasteiger partial charge < -0.3 is 25.9 Å². The molecule has 0 aliphatic carbocycles. The van der Waals surface area contributed by atoms with Crippen molar-refractivity contribution < 1.29 is 13.9 Å². The van der Waals surface area contributed by atoms with Gasteiger partial charge in [-0.25, -0.2) is 9.37 Å². The second kappa shape index (κ2) is 9.28. The van der Waals surface area contributed by atoms with Crippen molar-refractivity contribution in [3.05, 3.63) is 70.8 Å². The van der Waals surface area contributed by atoms with Crippen molar-refractivity contribution in [2.24, 2.45) is 0 Å². The third-order valence-corrected chi connectivity index (χ3v) is 5.63. The van der Waals surface area contributed by atoms with Gasteiger partial charge in [0.05, 0.1) is 12.8 Å². The normalized spacial score (nSPS) is 17.5. The molecule has 0 amide bonds. The van der Waals surface area contributed by atoms with E-state index in [9.17, 15) is 4.39 Å². The lowest BCUT2D eigenvalue weighted by atomic mass is 9.92. The summed E-state index contributed by atoms with van der Waals surface area (Å²) in [6.07, 6.45) is 4.44. The Hall–Kier alpha value is -3.94. The maximum Gasteiger partial charge on any atom is 0.166 e. The van der Waals surface area contributed by atoms with Crippen LogP contribution < -0.4 is 20.5 Å². The van der Waals surface area contributed by atoms with E-state index in [4.69, 9.17) is 20.6 Å². The fourth-order valence-corrected chi connectivity index (χ4v) is 4.07. The minimum absolute atomic E-state index is 0.230. The number of nitrogens with zero attached hydrogens (tertiary/aromatic N) is 2. The molecule has 170 valence electrons. The largest absolute Gasteiger partial charge is 0.496 e. The molecule has 0 saturated carbocycles. The van der Waals surface area contributed by atoms with Gasteiger partial charge in [-0.05, 0) is 49.8 Å². The molecule has 0 fully saturated rings. The number of nitrogens with two attached hydrogens (primary N) is 1. The molecule has 8 heteroatoms. The van der Waals surface area contributed by atoms with Gasteiger partial charge in [0.2, 0.25) is 0 Å². The number of allylic oxidation sites excluding steroid dienone is 1. The number of methoxy groups -OCH3 is 1. The summed E-state index contributed by atoms with van der Waals surface area (Å²) in [6.45, 7) is 4.46. The number of ether oxygens (including phenoxy) is 2. The van der Waals surface area contributed by atoms with Crippen LogP contribution in [-0.4, -0.2) is 29.8 Å². The quantitative estimate of drug-likeness (QED) is 0.507. The Morgan fingerprint density at radius 1 is 1.30 bits per heavy atom. The van der Waals surface area contributed by atoms with E-state index in [1.807, 2.05) is 13.8 Å². The highest BCUT2D eigenvalue weighted by Gasteiger charge is 2.24. The molecule has 4 N–H and O–H groups in total. The van der Waals surface area contributed by atoms with Crippen LogP contribution in [0.15, 0.2) is 48.3 Å². The first-order valence-corrected chi connectivity index (χ1v) is 10.7. The number of anilines is 1. The summed E-state index contributed by atoms with van der Waals surface area (Å²) in [7, 11) is 1.60. The minimum atomic E-state index is -0.538. The van der Waals surface area contributed by atoms with E-state index in [1.165, 1.54) is 18.3 Å². The van der Waals surface area contributed by atoms with Crippen LogP contribution >= 0.6 is 0 Å². The molecule has 2 bridgehead atoms. The number of nitrogen functional groups attached to an aromatic ring is 1. The minimum Gasteiger partial charge on any atom is -0.496 e. The average molecular weight is 448 g/mol. The molecule has 1 atom stereocenters. The Morgan fingerprint density at radius 2 is 2.12 bits per heavy atom. The molecule has 1 aliphatic rings. The number of pyridine rings is 2. The fraction of sp³-hybridized carbons (Fsp3) is 0.240. The summed E-state index contributed by atoms with van der Waals surface area (Å²) in [4.78, 5) is 8.94. The molecule has 4 rings (SSSR count). The van der Waals surface area contributed by atoms with Crippen LogP contribution in [0.4, 0.5) is 10.2 Å². The number of hydrogen-bond acceptors (Lipinski definition) is 7. The zero-order valence-corrected chi connectivity index (χ0v) is 18.8. The molecule has 1 unspecified atom stereocenters. The first-order chi connectivity index (χ1) is 16.0. The van der Waals surface area contributed by atoms with Crippen LogP contribution in [0.3, 0.4) is 0 Å². The Morgan fingerprint density at radius 3 is 2.85 bits per heavy atom. The highest BCUT2D eigenvalue weighted by Crippen LogP contribution is 2.38. The zero-order chi connectivity index (χ0) is 23.5. The molecule has 0 saturated heterocycles. The summed E-state index contributed by atoms with van der Waals surface area (Å²) in [6, 6.07) is 8.12. The summed E-state index contributed by atoms with van der Waals surface area (Å²) >= 11 is 0. The lowest BCUT2D eigenvalue weighted by Crippen LogP contribution is -2.17. The predicted molar refractivity (Wildman–Crippen MR) is 127 cm³/mol. The highest BCUT2D eigenvalue weighted by atomic mass is 19.1. The van der Waals surface area contributed by atoms with Crippen molar-refractivity contribution in [3.63, 3.8) is 0 Å². The van der Waals surface area contributed by atoms with Crippen LogP contribution in [0.5, 0.6) is 11.5 Å². The van der Waals surface area contributed by atoms with Gasteiger partial charge in [-0.1, -0.05) is 0 Å². The van der Waals surface area contributed by atoms with E-state index in [2.05, 4.69) is 15.3 Å². The van der Waals surface area contributed by atoms with Crippen LogP contribution in [0.1, 0.15) is 36.6 Å². The summed E-state index contributed by atoms with van der Waals surface area (Å²) in [5, 5.41) is 11.5. The van der Waals surface area contributed by atoms with Gasteiger partial charge in [-0.2, -0.15) is 0 Å². The van der Waals surface area contributed by atoms with Crippen molar-refractivity contribution in [1.82, 2.24) is 15.3 Å². The van der Waals surface area contributed by atoms with Gasteiger partial charge in [0, 0.05) is 59.5 Å². The fourth-order valence-electron chi connectivity index (χ4n) is 4.07. The summed E-state index contributed by atoms with van der Waals surface area (Å²) in [5.74, 6) is 0.865. The lowest BCUT2D eigenvalue weighted by molar-refractivity contribution is 0.227. The predicted octanol–water partition coefficient (Wildman–Crippen LogP) is 4.54. The third kappa shape index (κ3) is 4.24. The number of fused-ring (bicyclic) bond motifs is 5. The zero-order valence-electron chi connectivity index (χ0n) is 18.8. The molecule has 3 heterocycles. The van der Waals surface area contributed by atoms with E-state index >= 15 is 0 Å². The van der Waals surface area contributed by atoms with Crippen LogP contribution in [0.2, 0.25) is 0 Å². The van der Waals surface area contributed by atoms with Gasteiger partial charge in [0.15, 0.2) is 11.6 Å². The van der Waals surface area contributed by atoms with Crippen LogP contribution in [0.25, 0.3) is 17.0 Å². The number of halogens is 1. The molecule has 2 aromatic heterocycles. The van der Waals surface area contributed by atoms with Crippen molar-refractivity contribution in [3.8, 4) is 22.8 Å². The first-order valence-electron chi connectivity index (χ1n) is 10.7. The van der Waals surface area contributed by atoms with Crippen LogP contribution in [0, 0.1) is 11.2 Å². The SMILES string of the molecule is CCN/C1=C(\C=N)Cc2c(OC)ccnc2-c2ccc(F)cc2C(C)Oc2cc1cnc2N. The number of nitrogens with one attached hydrogen (secondary N) is 2. The van der Waals surface area contributed by atoms with Gasteiger partial charge in [-0.3, -0.25) is 4.98 Å². The van der Waals surface area contributed by atoms with E-state index < -0.39 is 6.10 Å². The molecule has 1 aliphatic heterocycles. The smallest absolute Gasteiger partial charge is 0.166 e. The van der Waals surface area contributed by atoms with Crippen molar-refractivity contribution in [2.45, 2.75) is 26.4 Å². The molecule has 1 aromatic carbocycles. The second-order valence-corrected chi connectivity index (χ2v) is 7.69. The third-order valence-electron chi connectivity index (χ3n) is 5.63. The van der Waals surface area contributed by atoms with Gasteiger partial charge in [-0.15, -0.1) is 0 Å². The number of benzene rings is 1. The van der Waals surface area contributed by atoms with Crippen molar-refractivity contribution >= 4 is 17.7 Å². The Bertz CT molecular complexity index is 1240. The molecular weight excluding hydrogens is 421 g/mol. The summed E-state index contributed by atoms with van der Waals surface area (Å²) in [5.41, 5.74) is 11.1. The standard InChI is InChI=1S/C25H26FN5O2/c1-4-29-23-15(12-27)9-20-21(32-3)7-8-30-24(20)18-6-5-17(26)11-19(18)14(2)33-22-10-16(23)13-31-25(22)28/h5-8,10-14,27,29H,4,9H2,1-3H3,(H2,28,31)/b23-15-,27-12?. The molecule has 3 aromatic rings. The van der Waals surface area contributed by atoms with Gasteiger partial charge in [0.1, 0.15) is 17.7 Å². The first kappa shape index (κ1) is 22.3. The molecule has 7 nitrogen and oxygen atoms in total. The average Bonchev–Trinajstić information content (AvgIpc) is 2.82. The molecular formula is C25H26FN5O2. The molecule has 33 heavy (non-hydrogen) atoms. The number of hydrogen-bond donors (Lipinski definition) is 3. The second-order valence-electron chi connectivity index (χ2n) is 7.69. The summed E-state index contributed by atoms with van der Waals surface area (Å²) < 4.78 is 26.2. The maximum absolute atomic E-state index is 14.3. The Kier molecular flexibility index (Phi) is 6.26. The number of aromatic nitrogens is 2. The van der Waals surface area contributed by atoms with E-state index in [1.54, 1.807) is 37.7 Å². The van der Waals surface area contributed by atoms with E-state index in [0.29, 0.717) is 41.3 Å². The van der Waals surface area contributed by atoms with Crippen LogP contribution in [-0.2, 0) is 6.42 Å².